The van der Waals surface area contributed by atoms with Crippen LogP contribution in [0.5, 0.6) is 11.5 Å². The number of methoxy groups -OCH3 is 1. The van der Waals surface area contributed by atoms with Crippen LogP contribution in [0.1, 0.15) is 36.8 Å². The summed E-state index contributed by atoms with van der Waals surface area (Å²) < 4.78 is 27.8. The molecular weight excluding hydrogens is 537 g/mol. The second kappa shape index (κ2) is 13.1. The molecule has 40 heavy (non-hydrogen) atoms. The maximum Gasteiger partial charge on any atom is 0.227 e. The zero-order valence-electron chi connectivity index (χ0n) is 22.0. The van der Waals surface area contributed by atoms with Crippen molar-refractivity contribution in [2.24, 2.45) is 0 Å². The van der Waals surface area contributed by atoms with E-state index in [1.807, 2.05) is 13.0 Å². The molecule has 0 bridgehead atoms. The number of nitrogens with one attached hydrogen (secondary N) is 2. The van der Waals surface area contributed by atoms with Crippen LogP contribution in [0.15, 0.2) is 49.1 Å². The molecule has 1 atom stereocenters. The standard InChI is InChI=1S/C27H28FN9O2.ClH/c1-17(15-37-16-33-35-36-37)39-25-9-19(3-4-20(25)12-29)21-13-31-27(32-14-21)34-24-10-22(18-5-7-30-8-6-18)23(28)11-26(24)38-2;/h3-4,9-11,13-14,16-18,30H,5-8,15H2,1-2H3,(H,31,32,34);1H. The summed E-state index contributed by atoms with van der Waals surface area (Å²) in [5, 5.41) is 27.1. The smallest absolute Gasteiger partial charge is 0.227 e. The van der Waals surface area contributed by atoms with Crippen LogP contribution in [0, 0.1) is 17.1 Å². The van der Waals surface area contributed by atoms with Gasteiger partial charge in [-0.1, -0.05) is 6.07 Å². The Morgan fingerprint density at radius 1 is 1.15 bits per heavy atom. The summed E-state index contributed by atoms with van der Waals surface area (Å²) in [6, 6.07) is 10.7. The molecule has 3 heterocycles. The molecule has 5 rings (SSSR count). The van der Waals surface area contributed by atoms with E-state index in [1.54, 1.807) is 35.3 Å². The molecule has 0 amide bonds. The van der Waals surface area contributed by atoms with E-state index in [2.05, 4.69) is 42.2 Å². The van der Waals surface area contributed by atoms with Gasteiger partial charge in [0.25, 0.3) is 0 Å². The summed E-state index contributed by atoms with van der Waals surface area (Å²) in [6.07, 6.45) is 6.33. The summed E-state index contributed by atoms with van der Waals surface area (Å²) in [6.45, 7) is 4.03. The molecule has 208 valence electrons. The Kier molecular flexibility index (Phi) is 9.42. The van der Waals surface area contributed by atoms with Crippen molar-refractivity contribution < 1.29 is 13.9 Å². The quantitative estimate of drug-likeness (QED) is 0.303. The Morgan fingerprint density at radius 2 is 1.93 bits per heavy atom. The van der Waals surface area contributed by atoms with Crippen molar-refractivity contribution in [2.45, 2.75) is 38.3 Å². The van der Waals surface area contributed by atoms with Gasteiger partial charge in [0.05, 0.1) is 24.9 Å². The number of anilines is 2. The number of benzene rings is 2. The first-order chi connectivity index (χ1) is 19.0. The van der Waals surface area contributed by atoms with E-state index in [1.165, 1.54) is 19.5 Å². The summed E-state index contributed by atoms with van der Waals surface area (Å²) in [5.41, 5.74) is 3.21. The normalized spacial score (nSPS) is 14.1. The minimum atomic E-state index is -0.279. The molecule has 0 aliphatic carbocycles. The molecule has 2 N–H and O–H groups in total. The highest BCUT2D eigenvalue weighted by Gasteiger charge is 2.21. The van der Waals surface area contributed by atoms with Crippen molar-refractivity contribution in [3.63, 3.8) is 0 Å². The van der Waals surface area contributed by atoms with Gasteiger partial charge in [-0.2, -0.15) is 5.26 Å². The van der Waals surface area contributed by atoms with Gasteiger partial charge in [-0.3, -0.25) is 0 Å². The molecule has 1 unspecified atom stereocenters. The highest BCUT2D eigenvalue weighted by atomic mass is 35.5. The van der Waals surface area contributed by atoms with Crippen molar-refractivity contribution in [3.8, 4) is 28.7 Å². The topological polar surface area (TPSA) is 136 Å². The van der Waals surface area contributed by atoms with Crippen LogP contribution in [0.3, 0.4) is 0 Å². The molecule has 4 aromatic rings. The summed E-state index contributed by atoms with van der Waals surface area (Å²) in [7, 11) is 1.50. The Labute approximate surface area is 237 Å². The molecule has 0 saturated carbocycles. The van der Waals surface area contributed by atoms with E-state index < -0.39 is 0 Å². The van der Waals surface area contributed by atoms with Crippen molar-refractivity contribution in [1.29, 1.82) is 5.26 Å². The number of piperidine rings is 1. The third-order valence-corrected chi connectivity index (χ3v) is 6.60. The van der Waals surface area contributed by atoms with Gasteiger partial charge in [0.2, 0.25) is 5.95 Å². The number of tetrazole rings is 1. The third-order valence-electron chi connectivity index (χ3n) is 6.60. The predicted octanol–water partition coefficient (Wildman–Crippen LogP) is 4.25. The molecule has 1 saturated heterocycles. The van der Waals surface area contributed by atoms with Crippen LogP contribution in [0.25, 0.3) is 11.1 Å². The van der Waals surface area contributed by atoms with E-state index >= 15 is 0 Å². The highest BCUT2D eigenvalue weighted by Crippen LogP contribution is 2.36. The Bertz CT molecular complexity index is 1460. The maximum atomic E-state index is 14.8. The fraction of sp³-hybridized carbons (Fsp3) is 0.333. The lowest BCUT2D eigenvalue weighted by molar-refractivity contribution is 0.192. The summed E-state index contributed by atoms with van der Waals surface area (Å²) >= 11 is 0. The number of ether oxygens (including phenoxy) is 2. The van der Waals surface area contributed by atoms with Gasteiger partial charge in [-0.05, 0) is 78.5 Å². The molecule has 1 aliphatic heterocycles. The van der Waals surface area contributed by atoms with Crippen molar-refractivity contribution in [2.75, 3.05) is 25.5 Å². The van der Waals surface area contributed by atoms with Gasteiger partial charge in [0, 0.05) is 24.0 Å². The van der Waals surface area contributed by atoms with Crippen LogP contribution in [-0.4, -0.2) is 56.5 Å². The fourth-order valence-electron chi connectivity index (χ4n) is 4.62. The minimum absolute atomic E-state index is 0. The molecule has 2 aromatic heterocycles. The van der Waals surface area contributed by atoms with Crippen molar-refractivity contribution >= 4 is 24.0 Å². The van der Waals surface area contributed by atoms with Gasteiger partial charge in [-0.25, -0.2) is 19.0 Å². The maximum absolute atomic E-state index is 14.8. The monoisotopic (exact) mass is 565 g/mol. The van der Waals surface area contributed by atoms with E-state index in [-0.39, 0.29) is 30.2 Å². The number of aromatic nitrogens is 6. The largest absolute Gasteiger partial charge is 0.494 e. The van der Waals surface area contributed by atoms with Gasteiger partial charge < -0.3 is 20.1 Å². The fourth-order valence-corrected chi connectivity index (χ4v) is 4.62. The molecular formula is C27H29ClFN9O2. The number of halogens is 2. The molecule has 11 nitrogen and oxygen atoms in total. The lowest BCUT2D eigenvalue weighted by atomic mass is 9.89. The number of hydrogen-bond donors (Lipinski definition) is 2. The van der Waals surface area contributed by atoms with Crippen LogP contribution >= 0.6 is 12.4 Å². The van der Waals surface area contributed by atoms with E-state index in [4.69, 9.17) is 9.47 Å². The first-order valence-electron chi connectivity index (χ1n) is 12.6. The zero-order valence-corrected chi connectivity index (χ0v) is 22.9. The molecule has 1 aliphatic rings. The number of hydrogen-bond acceptors (Lipinski definition) is 10. The third kappa shape index (κ3) is 6.62. The first-order valence-corrected chi connectivity index (χ1v) is 12.6. The van der Waals surface area contributed by atoms with Crippen molar-refractivity contribution in [1.82, 2.24) is 35.5 Å². The van der Waals surface area contributed by atoms with E-state index in [0.717, 1.165) is 37.1 Å². The number of nitrogens with zero attached hydrogens (tertiary/aromatic N) is 7. The number of nitriles is 1. The Hall–Kier alpha value is -4.34. The molecule has 0 spiro atoms. The Morgan fingerprint density at radius 3 is 2.60 bits per heavy atom. The highest BCUT2D eigenvalue weighted by molar-refractivity contribution is 5.85. The average molecular weight is 566 g/mol. The van der Waals surface area contributed by atoms with Crippen LogP contribution in [0.4, 0.5) is 16.0 Å². The summed E-state index contributed by atoms with van der Waals surface area (Å²) in [5.74, 6) is 1.04. The van der Waals surface area contributed by atoms with Crippen molar-refractivity contribution in [3.05, 3.63) is 66.0 Å². The molecule has 1 fully saturated rings. The number of rotatable bonds is 9. The zero-order chi connectivity index (χ0) is 27.2. The second-order valence-corrected chi connectivity index (χ2v) is 9.30. The minimum Gasteiger partial charge on any atom is -0.494 e. The van der Waals surface area contributed by atoms with Crippen LogP contribution in [0.2, 0.25) is 0 Å². The van der Waals surface area contributed by atoms with Gasteiger partial charge in [0.15, 0.2) is 0 Å². The van der Waals surface area contributed by atoms with Crippen LogP contribution < -0.4 is 20.1 Å². The molecule has 13 heteroatoms. The molecule has 0 radical (unpaired) electrons. The van der Waals surface area contributed by atoms with Crippen LogP contribution in [-0.2, 0) is 6.54 Å². The lowest BCUT2D eigenvalue weighted by Gasteiger charge is -2.24. The van der Waals surface area contributed by atoms with Gasteiger partial charge in [0.1, 0.15) is 35.8 Å². The second-order valence-electron chi connectivity index (χ2n) is 9.30. The average Bonchev–Trinajstić information content (AvgIpc) is 3.47. The lowest BCUT2D eigenvalue weighted by Crippen LogP contribution is -2.27. The Balaban J connectivity index is 0.00000370. The summed E-state index contributed by atoms with van der Waals surface area (Å²) in [4.78, 5) is 8.92. The van der Waals surface area contributed by atoms with E-state index in [0.29, 0.717) is 40.8 Å². The SMILES string of the molecule is COc1cc(F)c(C2CCNCC2)cc1Nc1ncc(-c2ccc(C#N)c(OC(C)Cn3cnnn3)c2)cn1.Cl. The predicted molar refractivity (Wildman–Crippen MR) is 148 cm³/mol. The molecule has 2 aromatic carbocycles. The van der Waals surface area contributed by atoms with Gasteiger partial charge >= 0.3 is 0 Å². The van der Waals surface area contributed by atoms with Gasteiger partial charge in [-0.15, -0.1) is 17.5 Å². The van der Waals surface area contributed by atoms with E-state index in [9.17, 15) is 9.65 Å². The first kappa shape index (κ1) is 28.7.